The van der Waals surface area contributed by atoms with Gasteiger partial charge in [-0.25, -0.2) is 0 Å². The smallest absolute Gasteiger partial charge is 0.157 e. The standard InChI is InChI=1S/C8H11NO2.ClH/c9-4-3-6-1-2-7(10)8(11)5-6;/h1-2,5,10-11H,3-4,9H2;1H/i4D2;. The van der Waals surface area contributed by atoms with Crippen molar-refractivity contribution >= 4 is 12.4 Å². The summed E-state index contributed by atoms with van der Waals surface area (Å²) < 4.78 is 14.2. The average Bonchev–Trinajstić information content (AvgIpc) is 1.94. The number of aromatic hydroxyl groups is 2. The van der Waals surface area contributed by atoms with E-state index in [2.05, 4.69) is 0 Å². The molecule has 4 heteroatoms. The third-order valence-corrected chi connectivity index (χ3v) is 1.35. The molecule has 0 heterocycles. The summed E-state index contributed by atoms with van der Waals surface area (Å²) >= 11 is 0. The van der Waals surface area contributed by atoms with Gasteiger partial charge in [-0.2, -0.15) is 0 Å². The maximum Gasteiger partial charge on any atom is 0.157 e. The molecule has 0 atom stereocenters. The molecule has 0 amide bonds. The van der Waals surface area contributed by atoms with Crippen LogP contribution in [0.3, 0.4) is 0 Å². The molecule has 0 saturated carbocycles. The third-order valence-electron chi connectivity index (χ3n) is 1.35. The van der Waals surface area contributed by atoms with Crippen molar-refractivity contribution in [1.29, 1.82) is 0 Å². The zero-order chi connectivity index (χ0) is 10.1. The van der Waals surface area contributed by atoms with Gasteiger partial charge in [-0.15, -0.1) is 12.4 Å². The summed E-state index contributed by atoms with van der Waals surface area (Å²) in [4.78, 5) is 0. The number of rotatable bonds is 2. The lowest BCUT2D eigenvalue weighted by Crippen LogP contribution is -2.02. The lowest BCUT2D eigenvalue weighted by molar-refractivity contribution is 0.403. The minimum atomic E-state index is -1.80. The molecule has 1 rings (SSSR count). The minimum Gasteiger partial charge on any atom is -0.504 e. The molecule has 1 aromatic carbocycles. The topological polar surface area (TPSA) is 66.5 Å². The number of halogens is 1. The molecule has 0 unspecified atom stereocenters. The van der Waals surface area contributed by atoms with Crippen molar-refractivity contribution in [3.8, 4) is 11.5 Å². The normalized spacial score (nSPS) is 12.8. The lowest BCUT2D eigenvalue weighted by Gasteiger charge is -2.00. The quantitative estimate of drug-likeness (QED) is 0.612. The zero-order valence-electron chi connectivity index (χ0n) is 8.32. The Morgan fingerprint density at radius 1 is 1.33 bits per heavy atom. The van der Waals surface area contributed by atoms with Gasteiger partial charge in [0.05, 0.1) is 0 Å². The number of hydrogen-bond donors (Lipinski definition) is 3. The Morgan fingerprint density at radius 3 is 2.50 bits per heavy atom. The fraction of sp³-hybridized carbons (Fsp3) is 0.250. The molecule has 1 aromatic rings. The van der Waals surface area contributed by atoms with Gasteiger partial charge in [0, 0.05) is 2.74 Å². The van der Waals surface area contributed by atoms with Crippen LogP contribution < -0.4 is 5.73 Å². The number of nitrogens with two attached hydrogens (primary N) is 1. The molecular weight excluding hydrogens is 178 g/mol. The Morgan fingerprint density at radius 2 is 2.00 bits per heavy atom. The minimum absolute atomic E-state index is 0. The maximum absolute atomic E-state index is 9.08. The van der Waals surface area contributed by atoms with E-state index in [1.165, 1.54) is 18.2 Å². The number of benzene rings is 1. The number of phenolic OH excluding ortho intramolecular Hbond substituents is 2. The van der Waals surface area contributed by atoms with Gasteiger partial charge in [0.15, 0.2) is 11.5 Å². The first-order valence-electron chi connectivity index (χ1n) is 4.18. The van der Waals surface area contributed by atoms with E-state index in [1.807, 2.05) is 0 Å². The van der Waals surface area contributed by atoms with Crippen molar-refractivity contribution in [3.05, 3.63) is 23.8 Å². The summed E-state index contributed by atoms with van der Waals surface area (Å²) in [6, 6.07) is 4.11. The van der Waals surface area contributed by atoms with Gasteiger partial charge in [0.25, 0.3) is 0 Å². The first-order chi connectivity index (χ1) is 5.88. The van der Waals surface area contributed by atoms with Gasteiger partial charge in [-0.05, 0) is 30.6 Å². The molecule has 3 nitrogen and oxygen atoms in total. The molecule has 4 N–H and O–H groups in total. The second kappa shape index (κ2) is 4.85. The highest BCUT2D eigenvalue weighted by Crippen LogP contribution is 2.24. The zero-order valence-corrected chi connectivity index (χ0v) is 7.14. The highest BCUT2D eigenvalue weighted by Gasteiger charge is 1.98. The Hall–Kier alpha value is -0.930. The molecular formula is C8H12ClNO2. The summed E-state index contributed by atoms with van der Waals surface area (Å²) in [5.41, 5.74) is 5.69. The highest BCUT2D eigenvalue weighted by atomic mass is 35.5. The number of phenols is 2. The Labute approximate surface area is 80.1 Å². The summed E-state index contributed by atoms with van der Waals surface area (Å²) in [5, 5.41) is 18.1. The van der Waals surface area contributed by atoms with Crippen LogP contribution in [0.4, 0.5) is 0 Å². The summed E-state index contributed by atoms with van der Waals surface area (Å²) in [6.07, 6.45) is 0.000833. The number of hydrogen-bond acceptors (Lipinski definition) is 3. The molecule has 0 spiro atoms. The predicted molar refractivity (Wildman–Crippen MR) is 49.8 cm³/mol. The van der Waals surface area contributed by atoms with Gasteiger partial charge >= 0.3 is 0 Å². The van der Waals surface area contributed by atoms with Crippen molar-refractivity contribution in [1.82, 2.24) is 0 Å². The van der Waals surface area contributed by atoms with Gasteiger partial charge in [-0.3, -0.25) is 0 Å². The third kappa shape index (κ3) is 2.60. The molecule has 0 aliphatic rings. The summed E-state index contributed by atoms with van der Waals surface area (Å²) in [5.74, 6) is -0.483. The highest BCUT2D eigenvalue weighted by molar-refractivity contribution is 5.85. The van der Waals surface area contributed by atoms with E-state index >= 15 is 0 Å². The SMILES string of the molecule is Cl.[2H]C([2H])(N)Cc1ccc(O)c(O)c1. The van der Waals surface area contributed by atoms with Crippen molar-refractivity contribution < 1.29 is 13.0 Å². The van der Waals surface area contributed by atoms with Crippen LogP contribution in [0, 0.1) is 0 Å². The van der Waals surface area contributed by atoms with Crippen LogP contribution in [-0.4, -0.2) is 16.7 Å². The van der Waals surface area contributed by atoms with Crippen LogP contribution in [-0.2, 0) is 6.42 Å². The van der Waals surface area contributed by atoms with Crippen LogP contribution in [0.15, 0.2) is 18.2 Å². The molecule has 0 bridgehead atoms. The van der Waals surface area contributed by atoms with Gasteiger partial charge in [0.1, 0.15) is 0 Å². The largest absolute Gasteiger partial charge is 0.504 e. The molecule has 0 aliphatic carbocycles. The fourth-order valence-corrected chi connectivity index (χ4v) is 0.797. The maximum atomic E-state index is 9.08. The van der Waals surface area contributed by atoms with Gasteiger partial charge in [0.2, 0.25) is 0 Å². The Kier molecular flexibility index (Phi) is 3.11. The van der Waals surface area contributed by atoms with E-state index in [4.69, 9.17) is 18.7 Å². The van der Waals surface area contributed by atoms with E-state index in [0.717, 1.165) is 0 Å². The van der Waals surface area contributed by atoms with Crippen molar-refractivity contribution in [3.63, 3.8) is 0 Å². The molecule has 0 aromatic heterocycles. The summed E-state index contributed by atoms with van der Waals surface area (Å²) in [6.45, 7) is -1.80. The molecule has 0 radical (unpaired) electrons. The first-order valence-corrected chi connectivity index (χ1v) is 3.18. The first kappa shape index (κ1) is 7.71. The van der Waals surface area contributed by atoms with Gasteiger partial charge < -0.3 is 15.9 Å². The van der Waals surface area contributed by atoms with Crippen LogP contribution in [0.1, 0.15) is 8.30 Å². The molecule has 68 valence electrons. The van der Waals surface area contributed by atoms with E-state index in [-0.39, 0.29) is 30.3 Å². The Balaban J connectivity index is 0.00000169. The summed E-state index contributed by atoms with van der Waals surface area (Å²) in [7, 11) is 0. The average molecular weight is 192 g/mol. The fourth-order valence-electron chi connectivity index (χ4n) is 0.797. The lowest BCUT2D eigenvalue weighted by atomic mass is 10.1. The van der Waals surface area contributed by atoms with Crippen molar-refractivity contribution in [2.45, 2.75) is 6.42 Å². The van der Waals surface area contributed by atoms with E-state index in [1.54, 1.807) is 0 Å². The molecule has 0 aliphatic heterocycles. The Bertz CT molecular complexity index is 315. The number of aryl methyl sites for hydroxylation is 1. The van der Waals surface area contributed by atoms with Crippen LogP contribution in [0.5, 0.6) is 11.5 Å². The van der Waals surface area contributed by atoms with E-state index < -0.39 is 6.50 Å². The second-order valence-corrected chi connectivity index (χ2v) is 2.20. The van der Waals surface area contributed by atoms with Crippen molar-refractivity contribution in [2.75, 3.05) is 6.50 Å². The van der Waals surface area contributed by atoms with Crippen molar-refractivity contribution in [2.24, 2.45) is 5.73 Å². The second-order valence-electron chi connectivity index (χ2n) is 2.20. The van der Waals surface area contributed by atoms with Crippen LogP contribution in [0.25, 0.3) is 0 Å². The van der Waals surface area contributed by atoms with Crippen LogP contribution >= 0.6 is 12.4 Å². The van der Waals surface area contributed by atoms with E-state index in [9.17, 15) is 0 Å². The van der Waals surface area contributed by atoms with E-state index in [0.29, 0.717) is 5.56 Å². The molecule has 0 saturated heterocycles. The monoisotopic (exact) mass is 191 g/mol. The predicted octanol–water partition coefficient (Wildman–Crippen LogP) is 1.02. The molecule has 0 fully saturated rings. The van der Waals surface area contributed by atoms with Gasteiger partial charge in [-0.1, -0.05) is 6.07 Å². The molecule has 12 heavy (non-hydrogen) atoms. The van der Waals surface area contributed by atoms with Crippen LogP contribution in [0.2, 0.25) is 0 Å².